The summed E-state index contributed by atoms with van der Waals surface area (Å²) in [6, 6.07) is 0.595. The van der Waals surface area contributed by atoms with Gasteiger partial charge in [0.15, 0.2) is 5.82 Å². The Balaban J connectivity index is 2.62. The molecule has 2 heterocycles. The maximum atomic E-state index is 12.7. The standard InChI is InChI=1S/C10H6Cl2F3N5O/c11-5-1-4(10(13,14)15)6(12)19-9(5)20-7(16)3(2-18-20)8(17)21/h1-2H,16H2,(H2,17,21). The van der Waals surface area contributed by atoms with E-state index in [9.17, 15) is 18.0 Å². The molecule has 0 saturated heterocycles. The molecule has 0 fully saturated rings. The second-order valence-electron chi connectivity index (χ2n) is 3.85. The monoisotopic (exact) mass is 339 g/mol. The fourth-order valence-electron chi connectivity index (χ4n) is 1.52. The van der Waals surface area contributed by atoms with Crippen molar-refractivity contribution in [1.29, 1.82) is 0 Å². The predicted molar refractivity (Wildman–Crippen MR) is 69.3 cm³/mol. The van der Waals surface area contributed by atoms with E-state index in [1.807, 2.05) is 0 Å². The van der Waals surface area contributed by atoms with Crippen molar-refractivity contribution in [2.24, 2.45) is 5.73 Å². The van der Waals surface area contributed by atoms with Crippen LogP contribution in [0.4, 0.5) is 19.0 Å². The van der Waals surface area contributed by atoms with Crippen LogP contribution in [0, 0.1) is 0 Å². The van der Waals surface area contributed by atoms with Crippen molar-refractivity contribution in [3.63, 3.8) is 0 Å². The molecular weight excluding hydrogens is 334 g/mol. The first-order chi connectivity index (χ1) is 9.62. The minimum absolute atomic E-state index is 0.121. The SMILES string of the molecule is NC(=O)c1cnn(-c2nc(Cl)c(C(F)(F)F)cc2Cl)c1N. The minimum atomic E-state index is -4.71. The minimum Gasteiger partial charge on any atom is -0.383 e. The molecule has 4 N–H and O–H groups in total. The van der Waals surface area contributed by atoms with Gasteiger partial charge in [-0.05, 0) is 6.07 Å². The van der Waals surface area contributed by atoms with Gasteiger partial charge in [-0.15, -0.1) is 0 Å². The van der Waals surface area contributed by atoms with Gasteiger partial charge in [-0.2, -0.15) is 23.0 Å². The van der Waals surface area contributed by atoms with Crippen LogP contribution in [0.15, 0.2) is 12.3 Å². The summed E-state index contributed by atoms with van der Waals surface area (Å²) < 4.78 is 38.9. The number of aromatic nitrogens is 3. The van der Waals surface area contributed by atoms with Crippen molar-refractivity contribution < 1.29 is 18.0 Å². The molecule has 0 aliphatic rings. The number of hydrogen-bond donors (Lipinski definition) is 2. The lowest BCUT2D eigenvalue weighted by Gasteiger charge is -2.12. The first-order valence-electron chi connectivity index (χ1n) is 5.20. The number of carbonyl (C=O) groups excluding carboxylic acids is 1. The van der Waals surface area contributed by atoms with Gasteiger partial charge in [0, 0.05) is 0 Å². The lowest BCUT2D eigenvalue weighted by molar-refractivity contribution is -0.137. The molecule has 0 aliphatic heterocycles. The molecule has 1 amide bonds. The molecule has 0 aromatic carbocycles. The highest BCUT2D eigenvalue weighted by Crippen LogP contribution is 2.37. The van der Waals surface area contributed by atoms with Gasteiger partial charge in [-0.1, -0.05) is 23.2 Å². The van der Waals surface area contributed by atoms with E-state index in [0.717, 1.165) is 10.9 Å². The van der Waals surface area contributed by atoms with E-state index in [4.69, 9.17) is 34.7 Å². The van der Waals surface area contributed by atoms with Gasteiger partial charge in [0.25, 0.3) is 5.91 Å². The molecule has 2 aromatic heterocycles. The number of halogens is 5. The van der Waals surface area contributed by atoms with Crippen LogP contribution in [-0.4, -0.2) is 20.7 Å². The number of nitrogen functional groups attached to an aromatic ring is 1. The van der Waals surface area contributed by atoms with E-state index < -0.39 is 27.8 Å². The lowest BCUT2D eigenvalue weighted by atomic mass is 10.2. The fourth-order valence-corrected chi connectivity index (χ4v) is 1.99. The Bertz CT molecular complexity index is 728. The molecule has 2 rings (SSSR count). The maximum Gasteiger partial charge on any atom is 0.419 e. The summed E-state index contributed by atoms with van der Waals surface area (Å²) in [5.41, 5.74) is 9.35. The zero-order chi connectivity index (χ0) is 15.9. The summed E-state index contributed by atoms with van der Waals surface area (Å²) in [5, 5.41) is 2.49. The topological polar surface area (TPSA) is 99.8 Å². The van der Waals surface area contributed by atoms with E-state index in [0.29, 0.717) is 6.07 Å². The van der Waals surface area contributed by atoms with Gasteiger partial charge >= 0.3 is 6.18 Å². The van der Waals surface area contributed by atoms with Crippen LogP contribution in [0.5, 0.6) is 0 Å². The molecule has 0 radical (unpaired) electrons. The second kappa shape index (κ2) is 5.08. The Kier molecular flexibility index (Phi) is 3.72. The van der Waals surface area contributed by atoms with Gasteiger partial charge in [0.2, 0.25) is 0 Å². The average molecular weight is 340 g/mol. The molecule has 0 aliphatic carbocycles. The Morgan fingerprint density at radius 2 is 1.95 bits per heavy atom. The number of rotatable bonds is 2. The molecule has 21 heavy (non-hydrogen) atoms. The zero-order valence-electron chi connectivity index (χ0n) is 9.95. The van der Waals surface area contributed by atoms with Gasteiger partial charge in [0.1, 0.15) is 16.5 Å². The number of anilines is 1. The van der Waals surface area contributed by atoms with E-state index in [1.165, 1.54) is 0 Å². The van der Waals surface area contributed by atoms with E-state index in [-0.39, 0.29) is 17.2 Å². The van der Waals surface area contributed by atoms with Gasteiger partial charge in [-0.25, -0.2) is 4.98 Å². The summed E-state index contributed by atoms with van der Waals surface area (Å²) in [7, 11) is 0. The normalized spacial score (nSPS) is 11.7. The predicted octanol–water partition coefficient (Wildman–Crippen LogP) is 2.27. The van der Waals surface area contributed by atoms with E-state index >= 15 is 0 Å². The Hall–Kier alpha value is -2.00. The van der Waals surface area contributed by atoms with Crippen LogP contribution >= 0.6 is 23.2 Å². The third-order valence-corrected chi connectivity index (χ3v) is 3.06. The smallest absolute Gasteiger partial charge is 0.383 e. The summed E-state index contributed by atoms with van der Waals surface area (Å²) in [6.45, 7) is 0. The first-order valence-corrected chi connectivity index (χ1v) is 5.95. The molecular formula is C10H6Cl2F3N5O. The number of alkyl halides is 3. The molecule has 0 atom stereocenters. The Morgan fingerprint density at radius 1 is 1.33 bits per heavy atom. The number of pyridine rings is 1. The van der Waals surface area contributed by atoms with Crippen molar-refractivity contribution >= 4 is 34.9 Å². The van der Waals surface area contributed by atoms with Crippen LogP contribution in [0.3, 0.4) is 0 Å². The highest BCUT2D eigenvalue weighted by atomic mass is 35.5. The molecule has 6 nitrogen and oxygen atoms in total. The third kappa shape index (κ3) is 2.74. The fraction of sp³-hybridized carbons (Fsp3) is 0.100. The number of hydrogen-bond acceptors (Lipinski definition) is 4. The Morgan fingerprint density at radius 3 is 2.43 bits per heavy atom. The number of carbonyl (C=O) groups is 1. The molecule has 2 aromatic rings. The molecule has 11 heteroatoms. The average Bonchev–Trinajstić information content (AvgIpc) is 2.72. The van der Waals surface area contributed by atoms with E-state index in [1.54, 1.807) is 0 Å². The molecule has 0 spiro atoms. The second-order valence-corrected chi connectivity index (χ2v) is 4.61. The van der Waals surface area contributed by atoms with Gasteiger partial charge in [0.05, 0.1) is 16.8 Å². The van der Waals surface area contributed by atoms with Crippen molar-refractivity contribution in [1.82, 2.24) is 14.8 Å². The van der Waals surface area contributed by atoms with Gasteiger partial charge in [-0.3, -0.25) is 4.79 Å². The molecule has 0 unspecified atom stereocenters. The summed E-state index contributed by atoms with van der Waals surface area (Å²) in [5.74, 6) is -1.32. The van der Waals surface area contributed by atoms with Crippen LogP contribution in [0.2, 0.25) is 10.2 Å². The highest BCUT2D eigenvalue weighted by molar-refractivity contribution is 6.34. The largest absolute Gasteiger partial charge is 0.419 e. The van der Waals surface area contributed by atoms with Crippen molar-refractivity contribution in [2.75, 3.05) is 5.73 Å². The summed E-state index contributed by atoms with van der Waals surface area (Å²) in [4.78, 5) is 14.6. The first kappa shape index (κ1) is 15.4. The zero-order valence-corrected chi connectivity index (χ0v) is 11.5. The van der Waals surface area contributed by atoms with Crippen molar-refractivity contribution in [2.45, 2.75) is 6.18 Å². The van der Waals surface area contributed by atoms with Crippen molar-refractivity contribution in [3.05, 3.63) is 33.6 Å². The van der Waals surface area contributed by atoms with Gasteiger partial charge < -0.3 is 11.5 Å². The number of amides is 1. The van der Waals surface area contributed by atoms with Crippen LogP contribution in [0.1, 0.15) is 15.9 Å². The summed E-state index contributed by atoms with van der Waals surface area (Å²) >= 11 is 11.2. The van der Waals surface area contributed by atoms with Crippen molar-refractivity contribution in [3.8, 4) is 5.82 Å². The van der Waals surface area contributed by atoms with Crippen LogP contribution in [0.25, 0.3) is 5.82 Å². The number of nitrogens with two attached hydrogens (primary N) is 2. The number of nitrogens with zero attached hydrogens (tertiary/aromatic N) is 3. The molecule has 112 valence electrons. The quantitative estimate of drug-likeness (QED) is 0.819. The van der Waals surface area contributed by atoms with E-state index in [2.05, 4.69) is 10.1 Å². The van der Waals surface area contributed by atoms with Crippen LogP contribution in [-0.2, 0) is 6.18 Å². The highest BCUT2D eigenvalue weighted by Gasteiger charge is 2.35. The maximum absolute atomic E-state index is 12.7. The summed E-state index contributed by atoms with van der Waals surface area (Å²) in [6.07, 6.45) is -3.67. The Labute approximate surface area is 125 Å². The van der Waals surface area contributed by atoms with Crippen LogP contribution < -0.4 is 11.5 Å². The molecule has 0 saturated carbocycles. The molecule has 0 bridgehead atoms. The lowest BCUT2D eigenvalue weighted by Crippen LogP contribution is -2.14. The third-order valence-electron chi connectivity index (χ3n) is 2.49. The number of primary amides is 1.